The number of amides is 1. The number of nitrogens with one attached hydrogen (secondary N) is 1. The van der Waals surface area contributed by atoms with E-state index in [9.17, 15) is 4.79 Å². The molecule has 0 spiro atoms. The van der Waals surface area contributed by atoms with E-state index in [-0.39, 0.29) is 5.91 Å². The third-order valence-electron chi connectivity index (χ3n) is 3.86. The van der Waals surface area contributed by atoms with Gasteiger partial charge >= 0.3 is 0 Å². The zero-order chi connectivity index (χ0) is 14.4. The van der Waals surface area contributed by atoms with Crippen molar-refractivity contribution in [2.45, 2.75) is 32.2 Å². The van der Waals surface area contributed by atoms with Crippen molar-refractivity contribution < 1.29 is 9.53 Å². The molecule has 1 atom stereocenters. The van der Waals surface area contributed by atoms with Crippen LogP contribution in [0.2, 0.25) is 0 Å². The largest absolute Gasteiger partial charge is 0.494 e. The van der Waals surface area contributed by atoms with Crippen LogP contribution in [0.5, 0.6) is 5.75 Å². The van der Waals surface area contributed by atoms with Crippen molar-refractivity contribution in [1.29, 1.82) is 0 Å². The molecule has 1 amide bonds. The van der Waals surface area contributed by atoms with Crippen LogP contribution in [-0.4, -0.2) is 43.6 Å². The highest BCUT2D eigenvalue weighted by Crippen LogP contribution is 2.20. The Morgan fingerprint density at radius 3 is 2.95 bits per heavy atom. The third kappa shape index (κ3) is 3.73. The molecule has 20 heavy (non-hydrogen) atoms. The molecular weight excluding hydrogens is 252 g/mol. The average molecular weight is 276 g/mol. The summed E-state index contributed by atoms with van der Waals surface area (Å²) in [4.78, 5) is 14.1. The fourth-order valence-electron chi connectivity index (χ4n) is 2.60. The first-order valence-electron chi connectivity index (χ1n) is 7.39. The molecule has 0 radical (unpaired) electrons. The summed E-state index contributed by atoms with van der Waals surface area (Å²) in [6.07, 6.45) is 2.33. The monoisotopic (exact) mass is 276 g/mol. The van der Waals surface area contributed by atoms with Gasteiger partial charge in [0.25, 0.3) is 0 Å². The number of para-hydroxylation sites is 1. The number of likely N-dealkylation sites (N-methyl/N-ethyl adjacent to an activating group) is 1. The van der Waals surface area contributed by atoms with E-state index in [1.807, 2.05) is 43.1 Å². The summed E-state index contributed by atoms with van der Waals surface area (Å²) in [5, 5.41) is 3.29. The Morgan fingerprint density at radius 1 is 1.45 bits per heavy atom. The summed E-state index contributed by atoms with van der Waals surface area (Å²) in [6, 6.07) is 8.31. The van der Waals surface area contributed by atoms with Gasteiger partial charge in [-0.15, -0.1) is 0 Å². The maximum atomic E-state index is 12.2. The number of aryl methyl sites for hydroxylation is 1. The number of rotatable bonds is 6. The zero-order valence-corrected chi connectivity index (χ0v) is 12.4. The molecule has 1 fully saturated rings. The molecule has 1 aliphatic rings. The van der Waals surface area contributed by atoms with E-state index in [4.69, 9.17) is 4.74 Å². The molecule has 4 heteroatoms. The molecule has 1 N–H and O–H groups in total. The molecule has 1 aromatic carbocycles. The van der Waals surface area contributed by atoms with Crippen LogP contribution in [-0.2, 0) is 11.2 Å². The Labute approximate surface area is 121 Å². The fourth-order valence-corrected chi connectivity index (χ4v) is 2.60. The van der Waals surface area contributed by atoms with Crippen LogP contribution in [0.15, 0.2) is 24.3 Å². The van der Waals surface area contributed by atoms with E-state index < -0.39 is 0 Å². The lowest BCUT2D eigenvalue weighted by atomic mass is 10.1. The van der Waals surface area contributed by atoms with Crippen molar-refractivity contribution in [1.82, 2.24) is 10.2 Å². The van der Waals surface area contributed by atoms with Crippen LogP contribution >= 0.6 is 0 Å². The van der Waals surface area contributed by atoms with Gasteiger partial charge in [0, 0.05) is 26.1 Å². The molecule has 1 aromatic rings. The van der Waals surface area contributed by atoms with Crippen molar-refractivity contribution in [2.24, 2.45) is 0 Å². The van der Waals surface area contributed by atoms with Crippen LogP contribution in [0.25, 0.3) is 0 Å². The van der Waals surface area contributed by atoms with Crippen molar-refractivity contribution >= 4 is 5.91 Å². The highest BCUT2D eigenvalue weighted by Gasteiger charge is 2.22. The first-order chi connectivity index (χ1) is 9.72. The summed E-state index contributed by atoms with van der Waals surface area (Å²) >= 11 is 0. The van der Waals surface area contributed by atoms with E-state index in [1.165, 1.54) is 0 Å². The molecule has 1 saturated heterocycles. The van der Waals surface area contributed by atoms with E-state index >= 15 is 0 Å². The Morgan fingerprint density at radius 2 is 2.25 bits per heavy atom. The number of ether oxygens (including phenoxy) is 1. The second-order valence-electron chi connectivity index (χ2n) is 5.19. The Hall–Kier alpha value is -1.55. The highest BCUT2D eigenvalue weighted by molar-refractivity contribution is 5.76. The van der Waals surface area contributed by atoms with Gasteiger partial charge < -0.3 is 15.0 Å². The molecule has 110 valence electrons. The molecule has 0 aromatic heterocycles. The molecule has 1 heterocycles. The van der Waals surface area contributed by atoms with Crippen LogP contribution < -0.4 is 10.1 Å². The number of nitrogens with zero attached hydrogens (tertiary/aromatic N) is 1. The second kappa shape index (κ2) is 7.29. The van der Waals surface area contributed by atoms with Crippen molar-refractivity contribution in [2.75, 3.05) is 26.7 Å². The van der Waals surface area contributed by atoms with Gasteiger partial charge in [0.1, 0.15) is 5.75 Å². The van der Waals surface area contributed by atoms with Crippen molar-refractivity contribution in [3.8, 4) is 5.75 Å². The number of hydrogen-bond donors (Lipinski definition) is 1. The molecule has 0 saturated carbocycles. The van der Waals surface area contributed by atoms with Gasteiger partial charge in [0.2, 0.25) is 5.91 Å². The van der Waals surface area contributed by atoms with Crippen LogP contribution in [0, 0.1) is 0 Å². The summed E-state index contributed by atoms with van der Waals surface area (Å²) in [5.74, 6) is 1.11. The number of hydrogen-bond acceptors (Lipinski definition) is 3. The van der Waals surface area contributed by atoms with Gasteiger partial charge in [0.05, 0.1) is 6.61 Å². The number of carbonyl (C=O) groups excluding carboxylic acids is 1. The molecular formula is C16H24N2O2. The standard InChI is InChI=1S/C16H24N2O2/c1-3-20-15-7-5-4-6-13(15)8-9-16(19)18(2)14-10-11-17-12-14/h4-7,14,17H,3,8-12H2,1-2H3/t14-/m0/s1. The summed E-state index contributed by atoms with van der Waals surface area (Å²) in [7, 11) is 1.91. The van der Waals surface area contributed by atoms with Crippen molar-refractivity contribution in [3.63, 3.8) is 0 Å². The maximum absolute atomic E-state index is 12.2. The first kappa shape index (κ1) is 14.9. The third-order valence-corrected chi connectivity index (χ3v) is 3.86. The molecule has 0 unspecified atom stereocenters. The van der Waals surface area contributed by atoms with Gasteiger partial charge in [-0.3, -0.25) is 4.79 Å². The van der Waals surface area contributed by atoms with Crippen LogP contribution in [0.3, 0.4) is 0 Å². The predicted molar refractivity (Wildman–Crippen MR) is 80.0 cm³/mol. The maximum Gasteiger partial charge on any atom is 0.222 e. The lowest BCUT2D eigenvalue weighted by Gasteiger charge is -2.24. The van der Waals surface area contributed by atoms with Gasteiger partial charge in [-0.2, -0.15) is 0 Å². The second-order valence-corrected chi connectivity index (χ2v) is 5.19. The molecule has 0 bridgehead atoms. The Kier molecular flexibility index (Phi) is 5.41. The van der Waals surface area contributed by atoms with Gasteiger partial charge in [-0.05, 0) is 37.9 Å². The quantitative estimate of drug-likeness (QED) is 0.862. The lowest BCUT2D eigenvalue weighted by molar-refractivity contribution is -0.131. The van der Waals surface area contributed by atoms with E-state index in [2.05, 4.69) is 5.32 Å². The minimum Gasteiger partial charge on any atom is -0.494 e. The minimum absolute atomic E-state index is 0.213. The normalized spacial score (nSPS) is 18.0. The fraction of sp³-hybridized carbons (Fsp3) is 0.562. The molecule has 2 rings (SSSR count). The SMILES string of the molecule is CCOc1ccccc1CCC(=O)N(C)[C@H]1CCNC1. The highest BCUT2D eigenvalue weighted by atomic mass is 16.5. The van der Waals surface area contributed by atoms with Crippen molar-refractivity contribution in [3.05, 3.63) is 29.8 Å². The first-order valence-corrected chi connectivity index (χ1v) is 7.39. The summed E-state index contributed by atoms with van der Waals surface area (Å²) < 4.78 is 5.59. The van der Waals surface area contributed by atoms with E-state index in [0.29, 0.717) is 19.1 Å². The predicted octanol–water partition coefficient (Wildman–Crippen LogP) is 1.84. The lowest BCUT2D eigenvalue weighted by Crippen LogP contribution is -2.38. The molecule has 1 aliphatic heterocycles. The van der Waals surface area contributed by atoms with Gasteiger partial charge in [0.15, 0.2) is 0 Å². The topological polar surface area (TPSA) is 41.6 Å². The average Bonchev–Trinajstić information content (AvgIpc) is 2.99. The Bertz CT molecular complexity index is 442. The van der Waals surface area contributed by atoms with Crippen LogP contribution in [0.4, 0.5) is 0 Å². The van der Waals surface area contributed by atoms with E-state index in [1.54, 1.807) is 0 Å². The molecule has 4 nitrogen and oxygen atoms in total. The van der Waals surface area contributed by atoms with E-state index in [0.717, 1.165) is 37.2 Å². The van der Waals surface area contributed by atoms with Gasteiger partial charge in [-0.1, -0.05) is 18.2 Å². The smallest absolute Gasteiger partial charge is 0.222 e. The Balaban J connectivity index is 1.89. The zero-order valence-electron chi connectivity index (χ0n) is 12.4. The summed E-state index contributed by atoms with van der Waals surface area (Å²) in [5.41, 5.74) is 1.11. The van der Waals surface area contributed by atoms with Gasteiger partial charge in [-0.25, -0.2) is 0 Å². The number of carbonyl (C=O) groups is 1. The molecule has 0 aliphatic carbocycles. The van der Waals surface area contributed by atoms with Crippen LogP contribution in [0.1, 0.15) is 25.3 Å². The minimum atomic E-state index is 0.213. The number of benzene rings is 1. The summed E-state index contributed by atoms with van der Waals surface area (Å²) in [6.45, 7) is 4.55.